The fraction of sp³-hybridized carbons (Fsp3) is 1.00. The van der Waals surface area contributed by atoms with E-state index in [4.69, 9.17) is 4.74 Å². The van der Waals surface area contributed by atoms with Crippen molar-refractivity contribution in [2.24, 2.45) is 0 Å². The highest BCUT2D eigenvalue weighted by atomic mass is 16.6. The molecule has 3 atom stereocenters. The Hall–Kier alpha value is -0.0151. The normalized spacial score (nSPS) is 46.7. The van der Waals surface area contributed by atoms with Crippen LogP contribution in [0.1, 0.15) is 40.5 Å². The Morgan fingerprint density at radius 2 is 2.15 bits per heavy atom. The first-order chi connectivity index (χ1) is 5.90. The third-order valence-electron chi connectivity index (χ3n) is 3.67. The van der Waals surface area contributed by atoms with E-state index in [-0.39, 0.29) is 5.82 Å². The quantitative estimate of drug-likeness (QED) is 0.631. The van der Waals surface area contributed by atoms with Gasteiger partial charge in [-0.15, -0.1) is 0 Å². The van der Waals surface area contributed by atoms with Crippen LogP contribution in [0.5, 0.6) is 0 Å². The zero-order chi connectivity index (χ0) is 10.1. The molecule has 2 nitrogen and oxygen atoms in total. The molecule has 0 aromatic rings. The Labute approximate surface area is 81.9 Å². The zero-order valence-electron chi connectivity index (χ0n) is 9.26. The summed E-state index contributed by atoms with van der Waals surface area (Å²) >= 11 is 0. The predicted molar refractivity (Wildman–Crippen MR) is 56.4 cm³/mol. The molecule has 0 radical (unpaired) electrons. The third kappa shape index (κ3) is 2.47. The Morgan fingerprint density at radius 1 is 1.54 bits per heavy atom. The van der Waals surface area contributed by atoms with Crippen LogP contribution in [0.15, 0.2) is 0 Å². The van der Waals surface area contributed by atoms with E-state index >= 15 is 0 Å². The largest absolute Gasteiger partial charge is 0.366 e. The van der Waals surface area contributed by atoms with Crippen LogP contribution in [0.2, 0.25) is 11.1 Å². The monoisotopic (exact) mass is 184 g/mol. The minimum atomic E-state index is -0.924. The lowest BCUT2D eigenvalue weighted by atomic mass is 9.44. The molecule has 13 heavy (non-hydrogen) atoms. The Morgan fingerprint density at radius 3 is 2.69 bits per heavy atom. The molecule has 0 amide bonds. The second-order valence-electron chi connectivity index (χ2n) is 4.92. The standard InChI is InChI=1S/C10H21BO2/c1-5-9(3)6-7-13-10(4,12)8(2)11-9/h8,11-12H,5-7H2,1-4H3. The zero-order valence-corrected chi connectivity index (χ0v) is 9.26. The molecule has 76 valence electrons. The van der Waals surface area contributed by atoms with Crippen molar-refractivity contribution in [1.82, 2.24) is 0 Å². The summed E-state index contributed by atoms with van der Waals surface area (Å²) < 4.78 is 5.46. The molecule has 0 bridgehead atoms. The molecule has 1 heterocycles. The predicted octanol–water partition coefficient (Wildman–Crippen LogP) is 1.95. The van der Waals surface area contributed by atoms with E-state index in [0.29, 0.717) is 11.9 Å². The second kappa shape index (κ2) is 3.62. The molecule has 1 aliphatic rings. The maximum absolute atomic E-state index is 9.93. The Balaban J connectivity index is 2.72. The van der Waals surface area contributed by atoms with Gasteiger partial charge in [0.2, 0.25) is 0 Å². The molecule has 0 aliphatic carbocycles. The van der Waals surface area contributed by atoms with Gasteiger partial charge < -0.3 is 9.84 Å². The van der Waals surface area contributed by atoms with E-state index < -0.39 is 5.79 Å². The van der Waals surface area contributed by atoms with E-state index in [1.807, 2.05) is 0 Å². The van der Waals surface area contributed by atoms with E-state index in [1.54, 1.807) is 6.92 Å². The molecular formula is C10H21BO2. The summed E-state index contributed by atoms with van der Waals surface area (Å²) in [4.78, 5) is 0. The fourth-order valence-corrected chi connectivity index (χ4v) is 2.00. The van der Waals surface area contributed by atoms with E-state index in [1.165, 1.54) is 0 Å². The van der Waals surface area contributed by atoms with Crippen molar-refractivity contribution in [1.29, 1.82) is 0 Å². The molecule has 0 saturated carbocycles. The average molecular weight is 184 g/mol. The molecule has 3 unspecified atom stereocenters. The van der Waals surface area contributed by atoms with Gasteiger partial charge in [0.05, 0.1) is 0 Å². The molecule has 1 aliphatic heterocycles. The highest BCUT2D eigenvalue weighted by Crippen LogP contribution is 2.42. The number of rotatable bonds is 1. The smallest absolute Gasteiger partial charge is 0.158 e. The van der Waals surface area contributed by atoms with Gasteiger partial charge in [-0.1, -0.05) is 32.5 Å². The van der Waals surface area contributed by atoms with Crippen LogP contribution in [0.3, 0.4) is 0 Å². The van der Waals surface area contributed by atoms with Crippen molar-refractivity contribution in [2.75, 3.05) is 6.61 Å². The van der Waals surface area contributed by atoms with Crippen molar-refractivity contribution < 1.29 is 9.84 Å². The van der Waals surface area contributed by atoms with Gasteiger partial charge in [-0.05, 0) is 19.2 Å². The minimum absolute atomic E-state index is 0.222. The van der Waals surface area contributed by atoms with Crippen LogP contribution in [0.4, 0.5) is 0 Å². The maximum Gasteiger partial charge on any atom is 0.158 e. The number of hydrogen-bond acceptors (Lipinski definition) is 2. The van der Waals surface area contributed by atoms with Gasteiger partial charge in [-0.25, -0.2) is 0 Å². The molecule has 0 aromatic heterocycles. The molecule has 0 spiro atoms. The van der Waals surface area contributed by atoms with Gasteiger partial charge in [0.25, 0.3) is 0 Å². The molecule has 1 fully saturated rings. The van der Waals surface area contributed by atoms with Crippen molar-refractivity contribution in [2.45, 2.75) is 57.5 Å². The van der Waals surface area contributed by atoms with Crippen LogP contribution in [0.25, 0.3) is 0 Å². The SMILES string of the molecule is CCC1(C)BC(C)C(C)(O)OCC1. The lowest BCUT2D eigenvalue weighted by Gasteiger charge is -2.30. The highest BCUT2D eigenvalue weighted by molar-refractivity contribution is 6.42. The van der Waals surface area contributed by atoms with Crippen LogP contribution >= 0.6 is 0 Å². The highest BCUT2D eigenvalue weighted by Gasteiger charge is 2.39. The van der Waals surface area contributed by atoms with Crippen molar-refractivity contribution in [3.63, 3.8) is 0 Å². The van der Waals surface area contributed by atoms with Crippen molar-refractivity contribution in [3.8, 4) is 0 Å². The van der Waals surface area contributed by atoms with Gasteiger partial charge in [-0.2, -0.15) is 0 Å². The van der Waals surface area contributed by atoms with Gasteiger partial charge >= 0.3 is 0 Å². The van der Waals surface area contributed by atoms with Crippen molar-refractivity contribution in [3.05, 3.63) is 0 Å². The summed E-state index contributed by atoms with van der Waals surface area (Å²) in [5.41, 5.74) is 0. The summed E-state index contributed by atoms with van der Waals surface area (Å²) in [6.07, 6.45) is 2.22. The van der Waals surface area contributed by atoms with Crippen molar-refractivity contribution >= 4 is 7.28 Å². The molecule has 1 rings (SSSR count). The first-order valence-corrected chi connectivity index (χ1v) is 5.26. The molecule has 3 heteroatoms. The topological polar surface area (TPSA) is 29.5 Å². The molecule has 1 N–H and O–H groups in total. The summed E-state index contributed by atoms with van der Waals surface area (Å²) in [5.74, 6) is -0.702. The van der Waals surface area contributed by atoms with Crippen LogP contribution < -0.4 is 0 Å². The summed E-state index contributed by atoms with van der Waals surface area (Å²) in [6, 6.07) is 0. The molecule has 0 aromatic carbocycles. The van der Waals surface area contributed by atoms with Gasteiger partial charge in [0.15, 0.2) is 5.79 Å². The summed E-state index contributed by atoms with van der Waals surface area (Å²) in [7, 11) is 1.05. The number of aliphatic hydroxyl groups is 1. The van der Waals surface area contributed by atoms with Crippen LogP contribution in [-0.4, -0.2) is 24.8 Å². The first kappa shape index (κ1) is 11.1. The fourth-order valence-electron chi connectivity index (χ4n) is 2.00. The number of hydrogen-bond donors (Lipinski definition) is 1. The molecule has 1 saturated heterocycles. The van der Waals surface area contributed by atoms with Gasteiger partial charge in [0, 0.05) is 6.61 Å². The van der Waals surface area contributed by atoms with Gasteiger partial charge in [0.1, 0.15) is 7.28 Å². The number of ether oxygens (including phenoxy) is 1. The van der Waals surface area contributed by atoms with E-state index in [2.05, 4.69) is 20.8 Å². The molecular weight excluding hydrogens is 163 g/mol. The van der Waals surface area contributed by atoms with Crippen LogP contribution in [0, 0.1) is 0 Å². The average Bonchev–Trinajstić information content (AvgIpc) is 2.12. The van der Waals surface area contributed by atoms with E-state index in [0.717, 1.165) is 20.1 Å². The summed E-state index contributed by atoms with van der Waals surface area (Å²) in [5, 5.41) is 10.3. The Kier molecular flexibility index (Phi) is 3.08. The lowest BCUT2D eigenvalue weighted by Crippen LogP contribution is -2.35. The van der Waals surface area contributed by atoms with Gasteiger partial charge in [-0.3, -0.25) is 0 Å². The van der Waals surface area contributed by atoms with Crippen LogP contribution in [-0.2, 0) is 4.74 Å². The minimum Gasteiger partial charge on any atom is -0.366 e. The first-order valence-electron chi connectivity index (χ1n) is 5.26. The summed E-state index contributed by atoms with van der Waals surface area (Å²) in [6.45, 7) is 9.03. The lowest BCUT2D eigenvalue weighted by molar-refractivity contribution is -0.188. The van der Waals surface area contributed by atoms with E-state index in [9.17, 15) is 5.11 Å². The third-order valence-corrected chi connectivity index (χ3v) is 3.67. The maximum atomic E-state index is 9.93. The second-order valence-corrected chi connectivity index (χ2v) is 4.92. The Bertz CT molecular complexity index is 182.